The van der Waals surface area contributed by atoms with Crippen LogP contribution in [0.2, 0.25) is 0 Å². The standard InChI is InChI=1S/C20H30O11/c1-9-2-4-10(5-3-9)7-28-8-12-14(23)16(25)18(27)20(30-12)31-19-17(26)15(24)13(22)11(6-21)29-19/h2-5,11-27H,6-8H2,1H3. The predicted molar refractivity (Wildman–Crippen MR) is 102 cm³/mol. The fraction of sp³-hybridized carbons (Fsp3) is 0.700. The van der Waals surface area contributed by atoms with Gasteiger partial charge in [0.25, 0.3) is 0 Å². The molecule has 3 rings (SSSR count). The van der Waals surface area contributed by atoms with E-state index in [2.05, 4.69) is 0 Å². The quantitative estimate of drug-likeness (QED) is 0.229. The molecule has 2 fully saturated rings. The van der Waals surface area contributed by atoms with Gasteiger partial charge in [0.2, 0.25) is 0 Å². The van der Waals surface area contributed by atoms with Gasteiger partial charge in [-0.05, 0) is 12.5 Å². The minimum atomic E-state index is -1.71. The van der Waals surface area contributed by atoms with Crippen molar-refractivity contribution in [3.63, 3.8) is 0 Å². The molecule has 0 bridgehead atoms. The first-order valence-corrected chi connectivity index (χ1v) is 10.0. The second-order valence-corrected chi connectivity index (χ2v) is 7.85. The zero-order valence-corrected chi connectivity index (χ0v) is 17.0. The lowest BCUT2D eigenvalue weighted by molar-refractivity contribution is -0.377. The highest BCUT2D eigenvalue weighted by molar-refractivity contribution is 5.20. The van der Waals surface area contributed by atoms with Crippen molar-refractivity contribution in [2.45, 2.75) is 74.9 Å². The lowest BCUT2D eigenvalue weighted by atomic mass is 9.98. The molecule has 0 amide bonds. The van der Waals surface area contributed by atoms with Gasteiger partial charge in [-0.25, -0.2) is 0 Å². The molecule has 10 unspecified atom stereocenters. The van der Waals surface area contributed by atoms with Crippen LogP contribution < -0.4 is 0 Å². The molecule has 0 radical (unpaired) electrons. The van der Waals surface area contributed by atoms with Crippen LogP contribution in [0.3, 0.4) is 0 Å². The molecule has 11 heteroatoms. The maximum absolute atomic E-state index is 10.2. The fourth-order valence-electron chi connectivity index (χ4n) is 3.46. The molecule has 0 saturated carbocycles. The van der Waals surface area contributed by atoms with Gasteiger partial charge in [0.05, 0.1) is 19.8 Å². The number of ether oxygens (including phenoxy) is 4. The van der Waals surface area contributed by atoms with Gasteiger partial charge in [0.1, 0.15) is 48.8 Å². The van der Waals surface area contributed by atoms with E-state index in [0.717, 1.165) is 11.1 Å². The first kappa shape index (κ1) is 24.4. The van der Waals surface area contributed by atoms with Crippen LogP contribution in [0.5, 0.6) is 0 Å². The molecule has 10 atom stereocenters. The number of hydrogen-bond acceptors (Lipinski definition) is 11. The van der Waals surface area contributed by atoms with E-state index >= 15 is 0 Å². The molecule has 0 aliphatic carbocycles. The van der Waals surface area contributed by atoms with E-state index in [-0.39, 0.29) is 13.2 Å². The van der Waals surface area contributed by atoms with Crippen molar-refractivity contribution in [2.75, 3.05) is 13.2 Å². The number of aliphatic hydroxyl groups is 7. The summed E-state index contributed by atoms with van der Waals surface area (Å²) < 4.78 is 21.7. The average Bonchev–Trinajstić information content (AvgIpc) is 2.76. The second-order valence-electron chi connectivity index (χ2n) is 7.85. The third-order valence-corrected chi connectivity index (χ3v) is 5.46. The normalized spacial score (nSPS) is 41.3. The SMILES string of the molecule is Cc1ccc(COCC2OC(OC3OC(CO)C(O)C(O)C3O)C(O)C(O)C2O)cc1. The zero-order chi connectivity index (χ0) is 22.7. The Morgan fingerprint density at radius 1 is 0.742 bits per heavy atom. The Balaban J connectivity index is 1.60. The summed E-state index contributed by atoms with van der Waals surface area (Å²) in [5, 5.41) is 69.7. The third-order valence-electron chi connectivity index (χ3n) is 5.46. The summed E-state index contributed by atoms with van der Waals surface area (Å²) in [5.74, 6) is 0. The van der Waals surface area contributed by atoms with Crippen molar-refractivity contribution in [3.8, 4) is 0 Å². The van der Waals surface area contributed by atoms with E-state index in [1.54, 1.807) is 0 Å². The molecule has 2 aliphatic heterocycles. The Morgan fingerprint density at radius 3 is 1.81 bits per heavy atom. The topological polar surface area (TPSA) is 179 Å². The average molecular weight is 446 g/mol. The number of hydrogen-bond donors (Lipinski definition) is 7. The number of aliphatic hydroxyl groups excluding tert-OH is 7. The van der Waals surface area contributed by atoms with Crippen LogP contribution in [0, 0.1) is 6.92 Å². The van der Waals surface area contributed by atoms with Crippen LogP contribution in [0.4, 0.5) is 0 Å². The first-order valence-electron chi connectivity index (χ1n) is 10.0. The maximum atomic E-state index is 10.2. The highest BCUT2D eigenvalue weighted by Gasteiger charge is 2.49. The molecule has 0 aromatic heterocycles. The molecule has 176 valence electrons. The third kappa shape index (κ3) is 5.59. The molecule has 7 N–H and O–H groups in total. The number of benzene rings is 1. The Labute approximate surface area is 179 Å². The van der Waals surface area contributed by atoms with E-state index in [0.29, 0.717) is 0 Å². The van der Waals surface area contributed by atoms with E-state index < -0.39 is 68.0 Å². The van der Waals surface area contributed by atoms with E-state index in [4.69, 9.17) is 18.9 Å². The van der Waals surface area contributed by atoms with Crippen molar-refractivity contribution >= 4 is 0 Å². The summed E-state index contributed by atoms with van der Waals surface area (Å²) in [6.07, 6.45) is -15.2. The van der Waals surface area contributed by atoms with Crippen LogP contribution >= 0.6 is 0 Å². The Morgan fingerprint density at radius 2 is 1.26 bits per heavy atom. The van der Waals surface area contributed by atoms with Crippen LogP contribution in [-0.4, -0.2) is 110 Å². The van der Waals surface area contributed by atoms with Crippen molar-refractivity contribution in [1.82, 2.24) is 0 Å². The molecule has 1 aromatic carbocycles. The highest BCUT2D eigenvalue weighted by Crippen LogP contribution is 2.28. The van der Waals surface area contributed by atoms with Crippen LogP contribution in [0.25, 0.3) is 0 Å². The monoisotopic (exact) mass is 446 g/mol. The molecule has 2 aliphatic rings. The summed E-state index contributed by atoms with van der Waals surface area (Å²) >= 11 is 0. The number of aryl methyl sites for hydroxylation is 1. The van der Waals surface area contributed by atoms with Crippen molar-refractivity contribution < 1.29 is 54.7 Å². The Hall–Kier alpha value is -1.22. The Bertz CT molecular complexity index is 684. The van der Waals surface area contributed by atoms with Crippen LogP contribution in [0.15, 0.2) is 24.3 Å². The highest BCUT2D eigenvalue weighted by atomic mass is 16.8. The smallest absolute Gasteiger partial charge is 0.189 e. The van der Waals surface area contributed by atoms with Gasteiger partial charge < -0.3 is 54.7 Å². The largest absolute Gasteiger partial charge is 0.394 e. The lowest BCUT2D eigenvalue weighted by Gasteiger charge is -2.44. The molecule has 31 heavy (non-hydrogen) atoms. The summed E-state index contributed by atoms with van der Waals surface area (Å²) in [7, 11) is 0. The van der Waals surface area contributed by atoms with Crippen molar-refractivity contribution in [1.29, 1.82) is 0 Å². The van der Waals surface area contributed by atoms with Crippen LogP contribution in [0.1, 0.15) is 11.1 Å². The lowest BCUT2D eigenvalue weighted by Crippen LogP contribution is -2.63. The summed E-state index contributed by atoms with van der Waals surface area (Å²) in [6.45, 7) is 1.39. The molecular formula is C20H30O11. The van der Waals surface area contributed by atoms with E-state index in [1.807, 2.05) is 31.2 Å². The van der Waals surface area contributed by atoms with Gasteiger partial charge in [-0.3, -0.25) is 0 Å². The van der Waals surface area contributed by atoms with Crippen molar-refractivity contribution in [2.24, 2.45) is 0 Å². The zero-order valence-electron chi connectivity index (χ0n) is 17.0. The summed E-state index contributed by atoms with van der Waals surface area (Å²) in [4.78, 5) is 0. The summed E-state index contributed by atoms with van der Waals surface area (Å²) in [5.41, 5.74) is 1.99. The van der Waals surface area contributed by atoms with Gasteiger partial charge in [-0.2, -0.15) is 0 Å². The van der Waals surface area contributed by atoms with Gasteiger partial charge in [0.15, 0.2) is 12.6 Å². The predicted octanol–water partition coefficient (Wildman–Crippen LogP) is -2.86. The molecule has 1 aromatic rings. The van der Waals surface area contributed by atoms with Gasteiger partial charge in [0, 0.05) is 0 Å². The number of rotatable bonds is 7. The molecule has 2 saturated heterocycles. The van der Waals surface area contributed by atoms with Crippen LogP contribution in [-0.2, 0) is 25.6 Å². The van der Waals surface area contributed by atoms with Gasteiger partial charge in [-0.15, -0.1) is 0 Å². The Kier molecular flexibility index (Phi) is 8.35. The summed E-state index contributed by atoms with van der Waals surface area (Å²) in [6, 6.07) is 7.62. The first-order chi connectivity index (χ1) is 14.7. The minimum Gasteiger partial charge on any atom is -0.394 e. The molecule has 2 heterocycles. The fourth-order valence-corrected chi connectivity index (χ4v) is 3.46. The molecule has 0 spiro atoms. The molecule has 11 nitrogen and oxygen atoms in total. The minimum absolute atomic E-state index is 0.132. The van der Waals surface area contributed by atoms with E-state index in [1.165, 1.54) is 0 Å². The van der Waals surface area contributed by atoms with E-state index in [9.17, 15) is 35.7 Å². The van der Waals surface area contributed by atoms with Crippen molar-refractivity contribution in [3.05, 3.63) is 35.4 Å². The van der Waals surface area contributed by atoms with Gasteiger partial charge >= 0.3 is 0 Å². The second kappa shape index (κ2) is 10.6. The maximum Gasteiger partial charge on any atom is 0.189 e. The molecular weight excluding hydrogens is 416 g/mol. The van der Waals surface area contributed by atoms with Gasteiger partial charge in [-0.1, -0.05) is 29.8 Å².